The van der Waals surface area contributed by atoms with Crippen molar-refractivity contribution < 1.29 is 24.1 Å². The first kappa shape index (κ1) is 32.8. The Morgan fingerprint density at radius 1 is 0.457 bits per heavy atom. The molecule has 5 aromatic carbocycles. The van der Waals surface area contributed by atoms with E-state index >= 15 is 0 Å². The highest BCUT2D eigenvalue weighted by Gasteiger charge is 2.37. The van der Waals surface area contributed by atoms with Crippen LogP contribution in [0.5, 0.6) is 0 Å². The van der Waals surface area contributed by atoms with Crippen molar-refractivity contribution in [2.75, 3.05) is 6.61 Å². The molecule has 5 nitrogen and oxygen atoms in total. The van der Waals surface area contributed by atoms with Gasteiger partial charge in [0.05, 0.1) is 33.0 Å². The summed E-state index contributed by atoms with van der Waals surface area (Å²) in [5.74, 6) is 6.60. The molecule has 0 spiro atoms. The summed E-state index contributed by atoms with van der Waals surface area (Å²) in [5.41, 5.74) is 4.84. The molecule has 0 heterocycles. The van der Waals surface area contributed by atoms with Gasteiger partial charge >= 0.3 is 0 Å². The third-order valence-corrected chi connectivity index (χ3v) is 7.38. The van der Waals surface area contributed by atoms with Crippen LogP contribution in [-0.2, 0) is 45.4 Å². The highest BCUT2D eigenvalue weighted by Crippen LogP contribution is 2.22. The van der Waals surface area contributed by atoms with Gasteiger partial charge in [-0.15, -0.1) is 0 Å². The number of benzene rings is 5. The van der Waals surface area contributed by atoms with E-state index in [4.69, 9.17) is 18.9 Å². The summed E-state index contributed by atoms with van der Waals surface area (Å²) in [7, 11) is 0. The predicted molar refractivity (Wildman–Crippen MR) is 180 cm³/mol. The molecule has 46 heavy (non-hydrogen) atoms. The van der Waals surface area contributed by atoms with Crippen LogP contribution >= 0.6 is 0 Å². The van der Waals surface area contributed by atoms with Crippen molar-refractivity contribution in [2.24, 2.45) is 0 Å². The predicted octanol–water partition coefficient (Wildman–Crippen LogP) is 7.37. The zero-order valence-corrected chi connectivity index (χ0v) is 25.9. The van der Waals surface area contributed by atoms with Crippen LogP contribution in [0.4, 0.5) is 0 Å². The molecule has 4 atom stereocenters. The number of hydrogen-bond donors (Lipinski definition) is 1. The van der Waals surface area contributed by atoms with Gasteiger partial charge in [0.15, 0.2) is 0 Å². The average Bonchev–Trinajstić information content (AvgIpc) is 3.12. The van der Waals surface area contributed by atoms with Crippen molar-refractivity contribution in [3.63, 3.8) is 0 Å². The maximum Gasteiger partial charge on any atom is 0.147 e. The van der Waals surface area contributed by atoms with Crippen molar-refractivity contribution in [1.29, 1.82) is 0 Å². The lowest BCUT2D eigenvalue weighted by Crippen LogP contribution is -2.49. The largest absolute Gasteiger partial charge is 0.388 e. The molecule has 0 aliphatic carbocycles. The Labute approximate surface area is 272 Å². The minimum atomic E-state index is -1.03. The van der Waals surface area contributed by atoms with Gasteiger partial charge in [0.2, 0.25) is 0 Å². The summed E-state index contributed by atoms with van der Waals surface area (Å²) in [6.45, 7) is 1.26. The first-order chi connectivity index (χ1) is 22.7. The fourth-order valence-corrected chi connectivity index (χ4v) is 4.93. The van der Waals surface area contributed by atoms with Gasteiger partial charge in [0.25, 0.3) is 0 Å². The smallest absolute Gasteiger partial charge is 0.147 e. The summed E-state index contributed by atoms with van der Waals surface area (Å²) in [6, 6.07) is 49.4. The van der Waals surface area contributed by atoms with Crippen molar-refractivity contribution in [1.82, 2.24) is 0 Å². The van der Waals surface area contributed by atoms with Gasteiger partial charge < -0.3 is 24.1 Å². The molecule has 5 rings (SSSR count). The number of ether oxygens (including phenoxy) is 4. The van der Waals surface area contributed by atoms with Crippen LogP contribution in [0.2, 0.25) is 0 Å². The standard InChI is InChI=1S/C41H40O5/c42-38(32-43-28-34-18-8-2-9-19-34)40(45-30-36-22-12-4-13-23-36)41(46-31-37-24-14-5-15-25-37)39(27-26-33-16-6-1-7-17-33)44-29-35-20-10-3-11-21-35/h1-25,38-42H,28-32H2/t38-,39+,40-,41-/m1/s1. The number of rotatable bonds is 16. The Hall–Kier alpha value is -4.54. The molecule has 5 aromatic rings. The molecule has 0 saturated heterocycles. The molecule has 0 amide bonds. The van der Waals surface area contributed by atoms with E-state index in [2.05, 4.69) is 11.8 Å². The maximum absolute atomic E-state index is 11.7. The molecule has 0 saturated carbocycles. The van der Waals surface area contributed by atoms with Crippen molar-refractivity contribution >= 4 is 0 Å². The SMILES string of the molecule is O[C@H](COCc1ccccc1)[C@@H](OCc1ccccc1)[C@H](OCc1ccccc1)[C@H](C#Cc1ccccc1)OCc1ccccc1. The van der Waals surface area contributed by atoms with Crippen LogP contribution in [0.1, 0.15) is 27.8 Å². The summed E-state index contributed by atoms with van der Waals surface area (Å²) < 4.78 is 25.7. The van der Waals surface area contributed by atoms with E-state index in [1.54, 1.807) is 0 Å². The third-order valence-electron chi connectivity index (χ3n) is 7.38. The molecule has 0 aromatic heterocycles. The lowest BCUT2D eigenvalue weighted by atomic mass is 10.0. The van der Waals surface area contributed by atoms with Gasteiger partial charge in [-0.25, -0.2) is 0 Å². The quantitative estimate of drug-likeness (QED) is 0.118. The molecule has 0 radical (unpaired) electrons. The van der Waals surface area contributed by atoms with E-state index in [1.165, 1.54) is 0 Å². The van der Waals surface area contributed by atoms with Gasteiger partial charge in [-0.3, -0.25) is 0 Å². The molecule has 1 N–H and O–H groups in total. The maximum atomic E-state index is 11.7. The molecule has 0 aliphatic rings. The first-order valence-corrected chi connectivity index (χ1v) is 15.6. The Bertz CT molecular complexity index is 1590. The molecule has 5 heteroatoms. The second-order valence-corrected chi connectivity index (χ2v) is 10.9. The monoisotopic (exact) mass is 612 g/mol. The lowest BCUT2D eigenvalue weighted by Gasteiger charge is -2.34. The van der Waals surface area contributed by atoms with Crippen LogP contribution in [0.25, 0.3) is 0 Å². The minimum absolute atomic E-state index is 0.0388. The van der Waals surface area contributed by atoms with Crippen LogP contribution in [0, 0.1) is 11.8 Å². The van der Waals surface area contributed by atoms with Crippen LogP contribution < -0.4 is 0 Å². The van der Waals surface area contributed by atoms with E-state index < -0.39 is 24.4 Å². The van der Waals surface area contributed by atoms with Crippen LogP contribution in [0.15, 0.2) is 152 Å². The topological polar surface area (TPSA) is 57.2 Å². The fraction of sp³-hybridized carbons (Fsp3) is 0.220. The number of aliphatic hydroxyl groups excluding tert-OH is 1. The normalized spacial score (nSPS) is 13.6. The highest BCUT2D eigenvalue weighted by atomic mass is 16.6. The van der Waals surface area contributed by atoms with Gasteiger partial charge in [0.1, 0.15) is 24.4 Å². The third kappa shape index (κ3) is 10.8. The van der Waals surface area contributed by atoms with Gasteiger partial charge in [0, 0.05) is 5.56 Å². The summed E-state index contributed by atoms with van der Waals surface area (Å²) in [4.78, 5) is 0. The fourth-order valence-electron chi connectivity index (χ4n) is 4.93. The Morgan fingerprint density at radius 2 is 0.848 bits per heavy atom. The Kier molecular flexibility index (Phi) is 13.2. The van der Waals surface area contributed by atoms with E-state index in [1.807, 2.05) is 152 Å². The zero-order valence-electron chi connectivity index (χ0n) is 25.9. The number of aliphatic hydroxyl groups is 1. The molecular formula is C41H40O5. The van der Waals surface area contributed by atoms with E-state index in [9.17, 15) is 5.11 Å². The van der Waals surface area contributed by atoms with Gasteiger partial charge in [-0.2, -0.15) is 0 Å². The summed E-state index contributed by atoms with van der Waals surface area (Å²) >= 11 is 0. The zero-order chi connectivity index (χ0) is 31.7. The Morgan fingerprint density at radius 3 is 1.33 bits per heavy atom. The van der Waals surface area contributed by atoms with Crippen LogP contribution in [0.3, 0.4) is 0 Å². The van der Waals surface area contributed by atoms with Crippen molar-refractivity contribution in [2.45, 2.75) is 50.8 Å². The second kappa shape index (κ2) is 18.4. The molecule has 234 valence electrons. The van der Waals surface area contributed by atoms with E-state index in [-0.39, 0.29) is 19.8 Å². The second-order valence-electron chi connectivity index (χ2n) is 10.9. The highest BCUT2D eigenvalue weighted by molar-refractivity contribution is 5.35. The van der Waals surface area contributed by atoms with Crippen LogP contribution in [-0.4, -0.2) is 36.1 Å². The Balaban J connectivity index is 1.45. The van der Waals surface area contributed by atoms with Gasteiger partial charge in [-0.05, 0) is 34.4 Å². The molecule has 0 aliphatic heterocycles. The minimum Gasteiger partial charge on any atom is -0.388 e. The molecular weight excluding hydrogens is 572 g/mol. The average molecular weight is 613 g/mol. The first-order valence-electron chi connectivity index (χ1n) is 15.6. The lowest BCUT2D eigenvalue weighted by molar-refractivity contribution is -0.176. The van der Waals surface area contributed by atoms with E-state index in [0.717, 1.165) is 27.8 Å². The summed E-state index contributed by atoms with van der Waals surface area (Å²) in [6.07, 6.45) is -3.37. The van der Waals surface area contributed by atoms with Crippen molar-refractivity contribution in [3.8, 4) is 11.8 Å². The summed E-state index contributed by atoms with van der Waals surface area (Å²) in [5, 5.41) is 11.7. The van der Waals surface area contributed by atoms with E-state index in [0.29, 0.717) is 13.2 Å². The molecule has 0 bridgehead atoms. The molecule has 0 unspecified atom stereocenters. The van der Waals surface area contributed by atoms with Gasteiger partial charge in [-0.1, -0.05) is 151 Å². The molecule has 0 fully saturated rings. The number of hydrogen-bond acceptors (Lipinski definition) is 5. The van der Waals surface area contributed by atoms with Crippen molar-refractivity contribution in [3.05, 3.63) is 179 Å².